The van der Waals surface area contributed by atoms with Crippen LogP contribution in [0.1, 0.15) is 34.5 Å². The molecule has 0 bridgehead atoms. The molecule has 0 saturated carbocycles. The number of hydrogen-bond acceptors (Lipinski definition) is 5. The molecule has 2 aromatic carbocycles. The molecule has 1 fully saturated rings. The monoisotopic (exact) mass is 446 g/mol. The molecule has 2 aliphatic heterocycles. The Morgan fingerprint density at radius 1 is 1.09 bits per heavy atom. The molecule has 0 radical (unpaired) electrons. The summed E-state index contributed by atoms with van der Waals surface area (Å²) in [5, 5.41) is 4.92. The molecule has 3 amide bonds. The fourth-order valence-electron chi connectivity index (χ4n) is 4.58. The van der Waals surface area contributed by atoms with Crippen molar-refractivity contribution in [2.24, 2.45) is 0 Å². The number of nitrogens with zero attached hydrogens (tertiary/aromatic N) is 3. The van der Waals surface area contributed by atoms with Gasteiger partial charge in [0.05, 0.1) is 22.5 Å². The lowest BCUT2D eigenvalue weighted by molar-refractivity contribution is -0.134. The molecule has 32 heavy (non-hydrogen) atoms. The average molecular weight is 447 g/mol. The number of carbonyl (C=O) groups is 3. The quantitative estimate of drug-likeness (QED) is 0.631. The van der Waals surface area contributed by atoms with Crippen molar-refractivity contribution < 1.29 is 14.4 Å². The molecule has 2 aliphatic rings. The third-order valence-corrected chi connectivity index (χ3v) is 6.71. The van der Waals surface area contributed by atoms with Gasteiger partial charge in [-0.2, -0.15) is 0 Å². The highest BCUT2D eigenvalue weighted by Gasteiger charge is 2.60. The normalized spacial score (nSPS) is 19.6. The van der Waals surface area contributed by atoms with E-state index in [2.05, 4.69) is 10.3 Å². The molecule has 162 valence electrons. The van der Waals surface area contributed by atoms with Crippen LogP contribution in [0.4, 0.5) is 5.69 Å². The molecule has 3 aromatic rings. The number of nitrogens with one attached hydrogen (secondary N) is 1. The number of rotatable bonds is 6. The Bertz CT molecular complexity index is 1170. The summed E-state index contributed by atoms with van der Waals surface area (Å²) in [5.41, 5.74) is 3.10. The summed E-state index contributed by atoms with van der Waals surface area (Å²) in [7, 11) is 0. The minimum absolute atomic E-state index is 0.155. The zero-order valence-electron chi connectivity index (χ0n) is 17.4. The van der Waals surface area contributed by atoms with E-state index in [1.807, 2.05) is 35.7 Å². The zero-order chi connectivity index (χ0) is 22.1. The summed E-state index contributed by atoms with van der Waals surface area (Å²) in [4.78, 5) is 47.7. The molecule has 3 heterocycles. The lowest BCUT2D eigenvalue weighted by Gasteiger charge is -2.49. The number of carbonyl (C=O) groups excluding carboxylic acids is 3. The van der Waals surface area contributed by atoms with Gasteiger partial charge in [-0.05, 0) is 17.7 Å². The number of fused-ring (bicyclic) bond motifs is 3. The van der Waals surface area contributed by atoms with E-state index in [1.165, 1.54) is 16.2 Å². The molecule has 8 heteroatoms. The predicted octanol–water partition coefficient (Wildman–Crippen LogP) is 2.98. The van der Waals surface area contributed by atoms with E-state index in [0.29, 0.717) is 24.2 Å². The van der Waals surface area contributed by atoms with E-state index in [0.717, 1.165) is 11.3 Å². The standard InChI is InChI=1S/C24H22N4O3S/c29-21-10-12-24(23(31)25-13-11-18-15-32-16-26-18)27(14-17-6-2-1-3-7-17)22(30)19-8-4-5-9-20(19)28(21)24/h1-9,15-16H,10-14H2,(H,25,31). The second-order valence-electron chi connectivity index (χ2n) is 7.93. The van der Waals surface area contributed by atoms with Gasteiger partial charge in [0.2, 0.25) is 11.6 Å². The molecular weight excluding hydrogens is 424 g/mol. The number of para-hydroxylation sites is 1. The highest BCUT2D eigenvalue weighted by Crippen LogP contribution is 2.45. The van der Waals surface area contributed by atoms with Gasteiger partial charge >= 0.3 is 0 Å². The molecule has 1 unspecified atom stereocenters. The minimum Gasteiger partial charge on any atom is -0.352 e. The van der Waals surface area contributed by atoms with Crippen LogP contribution in [0.15, 0.2) is 65.5 Å². The molecule has 0 spiro atoms. The Hall–Kier alpha value is -3.52. The third-order valence-electron chi connectivity index (χ3n) is 6.07. The maximum Gasteiger partial charge on any atom is 0.267 e. The van der Waals surface area contributed by atoms with Crippen molar-refractivity contribution in [3.05, 3.63) is 82.3 Å². The second kappa shape index (κ2) is 8.20. The van der Waals surface area contributed by atoms with E-state index < -0.39 is 5.66 Å². The first-order valence-electron chi connectivity index (χ1n) is 10.5. The van der Waals surface area contributed by atoms with Crippen molar-refractivity contribution in [2.45, 2.75) is 31.5 Å². The first-order valence-corrected chi connectivity index (χ1v) is 11.5. The van der Waals surface area contributed by atoms with Crippen molar-refractivity contribution in [3.8, 4) is 0 Å². The van der Waals surface area contributed by atoms with Crippen molar-refractivity contribution in [2.75, 3.05) is 11.4 Å². The fourth-order valence-corrected chi connectivity index (χ4v) is 5.17. The van der Waals surface area contributed by atoms with Gasteiger partial charge in [-0.1, -0.05) is 42.5 Å². The number of aromatic nitrogens is 1. The molecule has 1 aromatic heterocycles. The van der Waals surface area contributed by atoms with E-state index in [1.54, 1.807) is 34.7 Å². The van der Waals surface area contributed by atoms with Crippen LogP contribution in [0.3, 0.4) is 0 Å². The van der Waals surface area contributed by atoms with Crippen LogP contribution in [-0.4, -0.2) is 39.8 Å². The van der Waals surface area contributed by atoms with Crippen LogP contribution in [-0.2, 0) is 22.6 Å². The molecule has 5 rings (SSSR count). The summed E-state index contributed by atoms with van der Waals surface area (Å²) in [6, 6.07) is 16.6. The van der Waals surface area contributed by atoms with Crippen LogP contribution < -0.4 is 10.2 Å². The van der Waals surface area contributed by atoms with Gasteiger partial charge in [0.15, 0.2) is 0 Å². The number of hydrogen-bond donors (Lipinski definition) is 1. The maximum atomic E-state index is 13.7. The number of amides is 3. The number of thiazole rings is 1. The summed E-state index contributed by atoms with van der Waals surface area (Å²) in [6.07, 6.45) is 1.04. The van der Waals surface area contributed by atoms with Crippen molar-refractivity contribution in [3.63, 3.8) is 0 Å². The first-order chi connectivity index (χ1) is 15.6. The third kappa shape index (κ3) is 3.27. The van der Waals surface area contributed by atoms with Gasteiger partial charge in [0, 0.05) is 37.7 Å². The highest BCUT2D eigenvalue weighted by atomic mass is 32.1. The Labute approximate surface area is 189 Å². The lowest BCUT2D eigenvalue weighted by atomic mass is 9.94. The minimum atomic E-state index is -1.39. The maximum absolute atomic E-state index is 13.7. The predicted molar refractivity (Wildman–Crippen MR) is 121 cm³/mol. The number of benzene rings is 2. The van der Waals surface area contributed by atoms with Gasteiger partial charge in [-0.15, -0.1) is 11.3 Å². The average Bonchev–Trinajstić information content (AvgIpc) is 3.46. The summed E-state index contributed by atoms with van der Waals surface area (Å²) in [5.74, 6) is -0.736. The highest BCUT2D eigenvalue weighted by molar-refractivity contribution is 7.07. The first kappa shape index (κ1) is 20.4. The molecule has 7 nitrogen and oxygen atoms in total. The molecule has 1 N–H and O–H groups in total. The van der Waals surface area contributed by atoms with E-state index in [-0.39, 0.29) is 37.1 Å². The summed E-state index contributed by atoms with van der Waals surface area (Å²) >= 11 is 1.51. The Morgan fingerprint density at radius 2 is 1.88 bits per heavy atom. The SMILES string of the molecule is O=C1c2ccccc2N2C(=O)CCC2(C(=O)NCCc2cscn2)N1Cc1ccccc1. The van der Waals surface area contributed by atoms with Crippen LogP contribution in [0.5, 0.6) is 0 Å². The van der Waals surface area contributed by atoms with Crippen LogP contribution in [0.25, 0.3) is 0 Å². The van der Waals surface area contributed by atoms with Gasteiger partial charge in [-0.3, -0.25) is 19.3 Å². The van der Waals surface area contributed by atoms with Gasteiger partial charge in [0.25, 0.3) is 11.8 Å². The van der Waals surface area contributed by atoms with Gasteiger partial charge in [0.1, 0.15) is 0 Å². The van der Waals surface area contributed by atoms with Crippen LogP contribution >= 0.6 is 11.3 Å². The van der Waals surface area contributed by atoms with Crippen LogP contribution in [0, 0.1) is 0 Å². The van der Waals surface area contributed by atoms with Crippen molar-refractivity contribution in [1.29, 1.82) is 0 Å². The zero-order valence-corrected chi connectivity index (χ0v) is 18.2. The summed E-state index contributed by atoms with van der Waals surface area (Å²) < 4.78 is 0. The topological polar surface area (TPSA) is 82.6 Å². The van der Waals surface area contributed by atoms with E-state index in [9.17, 15) is 14.4 Å². The Morgan fingerprint density at radius 3 is 2.66 bits per heavy atom. The number of anilines is 1. The van der Waals surface area contributed by atoms with E-state index >= 15 is 0 Å². The molecular formula is C24H22N4O3S. The molecule has 1 atom stereocenters. The molecule has 0 aliphatic carbocycles. The Balaban J connectivity index is 1.54. The summed E-state index contributed by atoms with van der Waals surface area (Å²) in [6.45, 7) is 0.610. The Kier molecular flexibility index (Phi) is 5.22. The van der Waals surface area contributed by atoms with Crippen molar-refractivity contribution in [1.82, 2.24) is 15.2 Å². The van der Waals surface area contributed by atoms with E-state index in [4.69, 9.17) is 0 Å². The second-order valence-corrected chi connectivity index (χ2v) is 8.64. The van der Waals surface area contributed by atoms with Gasteiger partial charge < -0.3 is 10.2 Å². The molecule has 1 saturated heterocycles. The van der Waals surface area contributed by atoms with Crippen LogP contribution in [0.2, 0.25) is 0 Å². The van der Waals surface area contributed by atoms with Gasteiger partial charge in [-0.25, -0.2) is 4.98 Å². The largest absolute Gasteiger partial charge is 0.352 e. The lowest BCUT2D eigenvalue weighted by Crippen LogP contribution is -2.70. The fraction of sp³-hybridized carbons (Fsp3) is 0.250. The van der Waals surface area contributed by atoms with Crippen molar-refractivity contribution >= 4 is 34.7 Å². The smallest absolute Gasteiger partial charge is 0.267 e.